The molecule has 0 aromatic heterocycles. The standard InChI is InChI=1S/C22H24N2O6/c1-22(2)10-15(23-12-18(27)28)19(17(26)11-22)16(25)8-5-9-24-20(29)13-6-3-4-7-14(13)21(24)30/h3-4,6-7,25H,5,8-12H2,1-2H3,(H,27,28)/b19-16-,23-15?. The number of aliphatic carboxylic acids is 1. The smallest absolute Gasteiger partial charge is 0.325 e. The average molecular weight is 412 g/mol. The number of carboxylic acid groups (broad SMARTS) is 1. The number of carboxylic acids is 1. The Kier molecular flexibility index (Phi) is 5.87. The summed E-state index contributed by atoms with van der Waals surface area (Å²) >= 11 is 0. The molecule has 0 bridgehead atoms. The van der Waals surface area contributed by atoms with Gasteiger partial charge in [0.15, 0.2) is 5.78 Å². The molecule has 0 unspecified atom stereocenters. The van der Waals surface area contributed by atoms with E-state index in [2.05, 4.69) is 4.99 Å². The van der Waals surface area contributed by atoms with Gasteiger partial charge < -0.3 is 10.2 Å². The van der Waals surface area contributed by atoms with E-state index in [0.29, 0.717) is 17.5 Å². The number of rotatable bonds is 6. The number of imide groups is 1. The van der Waals surface area contributed by atoms with Gasteiger partial charge in [-0.15, -0.1) is 0 Å². The summed E-state index contributed by atoms with van der Waals surface area (Å²) in [7, 11) is 0. The Balaban J connectivity index is 1.73. The minimum atomic E-state index is -1.12. The fourth-order valence-electron chi connectivity index (χ4n) is 3.89. The number of nitrogens with zero attached hydrogens (tertiary/aromatic N) is 2. The van der Waals surface area contributed by atoms with Crippen molar-refractivity contribution in [2.24, 2.45) is 10.4 Å². The third-order valence-corrected chi connectivity index (χ3v) is 5.22. The lowest BCUT2D eigenvalue weighted by Crippen LogP contribution is -2.33. The van der Waals surface area contributed by atoms with Crippen LogP contribution in [-0.2, 0) is 9.59 Å². The number of allylic oxidation sites excluding steroid dienone is 2. The van der Waals surface area contributed by atoms with Gasteiger partial charge >= 0.3 is 5.97 Å². The van der Waals surface area contributed by atoms with Gasteiger partial charge in [0.1, 0.15) is 12.3 Å². The van der Waals surface area contributed by atoms with E-state index in [-0.39, 0.29) is 65.9 Å². The van der Waals surface area contributed by atoms with E-state index in [1.54, 1.807) is 24.3 Å². The third-order valence-electron chi connectivity index (χ3n) is 5.22. The van der Waals surface area contributed by atoms with Gasteiger partial charge in [0.05, 0.1) is 22.4 Å². The van der Waals surface area contributed by atoms with Gasteiger partial charge in [-0.25, -0.2) is 0 Å². The molecule has 0 radical (unpaired) electrons. The van der Waals surface area contributed by atoms with Crippen LogP contribution in [0.4, 0.5) is 0 Å². The third kappa shape index (κ3) is 4.32. The molecular formula is C22H24N2O6. The number of fused-ring (bicyclic) bond motifs is 1. The second kappa shape index (κ2) is 8.22. The van der Waals surface area contributed by atoms with Crippen molar-refractivity contribution < 1.29 is 29.4 Å². The molecule has 2 N–H and O–H groups in total. The molecule has 2 amide bonds. The zero-order chi connectivity index (χ0) is 22.1. The number of Topliss-reactive ketones (excluding diaryl/α,β-unsaturated/α-hetero) is 1. The summed E-state index contributed by atoms with van der Waals surface area (Å²) in [5.41, 5.74) is 0.698. The number of ketones is 1. The van der Waals surface area contributed by atoms with Crippen molar-refractivity contribution in [3.8, 4) is 0 Å². The molecule has 3 rings (SSSR count). The summed E-state index contributed by atoms with van der Waals surface area (Å²) in [5.74, 6) is -2.34. The predicted octanol–water partition coefficient (Wildman–Crippen LogP) is 2.79. The van der Waals surface area contributed by atoms with E-state index in [9.17, 15) is 24.3 Å². The summed E-state index contributed by atoms with van der Waals surface area (Å²) < 4.78 is 0. The summed E-state index contributed by atoms with van der Waals surface area (Å²) in [5, 5.41) is 19.5. The van der Waals surface area contributed by atoms with Crippen LogP contribution in [0.1, 0.15) is 60.2 Å². The molecule has 1 aliphatic heterocycles. The largest absolute Gasteiger partial charge is 0.511 e. The lowest BCUT2D eigenvalue weighted by molar-refractivity contribution is -0.135. The SMILES string of the molecule is CC1(C)CC(=O)/C(=C(\O)CCCN2C(=O)c3ccccc3C2=O)C(=NCC(=O)O)C1. The molecule has 1 aliphatic carbocycles. The van der Waals surface area contributed by atoms with Gasteiger partial charge in [0, 0.05) is 19.4 Å². The highest BCUT2D eigenvalue weighted by molar-refractivity contribution is 6.25. The van der Waals surface area contributed by atoms with Crippen molar-refractivity contribution in [2.75, 3.05) is 13.1 Å². The molecule has 0 saturated heterocycles. The number of hydrogen-bond donors (Lipinski definition) is 2. The number of benzene rings is 1. The van der Waals surface area contributed by atoms with Crippen LogP contribution >= 0.6 is 0 Å². The fourth-order valence-corrected chi connectivity index (χ4v) is 3.89. The normalized spacial score (nSPS) is 21.2. The maximum atomic E-state index is 12.6. The Hall–Kier alpha value is -3.29. The molecule has 158 valence electrons. The van der Waals surface area contributed by atoms with E-state index < -0.39 is 12.5 Å². The van der Waals surface area contributed by atoms with Crippen molar-refractivity contribution in [3.63, 3.8) is 0 Å². The maximum Gasteiger partial charge on any atom is 0.325 e. The first-order valence-electron chi connectivity index (χ1n) is 9.77. The summed E-state index contributed by atoms with van der Waals surface area (Å²) in [6.45, 7) is 3.39. The zero-order valence-corrected chi connectivity index (χ0v) is 17.0. The molecule has 1 saturated carbocycles. The molecule has 0 spiro atoms. The Morgan fingerprint density at radius 3 is 2.23 bits per heavy atom. The first kappa shape index (κ1) is 21.4. The number of hydrogen-bond acceptors (Lipinski definition) is 6. The molecule has 0 atom stereocenters. The number of aliphatic imine (C=N–C) groups is 1. The molecule has 8 nitrogen and oxygen atoms in total. The van der Waals surface area contributed by atoms with Gasteiger partial charge in [-0.1, -0.05) is 26.0 Å². The van der Waals surface area contributed by atoms with Crippen LogP contribution in [0.2, 0.25) is 0 Å². The number of aliphatic hydroxyl groups is 1. The average Bonchev–Trinajstić information content (AvgIpc) is 2.90. The molecule has 1 aromatic rings. The second-order valence-electron chi connectivity index (χ2n) is 8.33. The molecule has 1 fully saturated rings. The summed E-state index contributed by atoms with van der Waals surface area (Å²) in [6, 6.07) is 6.58. The van der Waals surface area contributed by atoms with Crippen LogP contribution in [0, 0.1) is 5.41 Å². The lowest BCUT2D eigenvalue weighted by atomic mass is 9.73. The van der Waals surface area contributed by atoms with Crippen LogP contribution in [0.25, 0.3) is 0 Å². The van der Waals surface area contributed by atoms with Crippen LogP contribution in [0.3, 0.4) is 0 Å². The number of carbonyl (C=O) groups is 4. The second-order valence-corrected chi connectivity index (χ2v) is 8.33. The van der Waals surface area contributed by atoms with Crippen LogP contribution in [0.5, 0.6) is 0 Å². The van der Waals surface area contributed by atoms with Gasteiger partial charge in [0.25, 0.3) is 11.8 Å². The minimum absolute atomic E-state index is 0.0675. The lowest BCUT2D eigenvalue weighted by Gasteiger charge is -2.31. The highest BCUT2D eigenvalue weighted by Gasteiger charge is 2.37. The minimum Gasteiger partial charge on any atom is -0.511 e. The van der Waals surface area contributed by atoms with Crippen molar-refractivity contribution in [3.05, 3.63) is 46.7 Å². The van der Waals surface area contributed by atoms with Crippen molar-refractivity contribution in [1.29, 1.82) is 0 Å². The monoisotopic (exact) mass is 412 g/mol. The number of amides is 2. The van der Waals surface area contributed by atoms with Crippen LogP contribution < -0.4 is 0 Å². The Labute approximate surface area is 173 Å². The predicted molar refractivity (Wildman–Crippen MR) is 109 cm³/mol. The molecule has 30 heavy (non-hydrogen) atoms. The summed E-state index contributed by atoms with van der Waals surface area (Å²) in [4.78, 5) is 53.5. The molecule has 1 aromatic carbocycles. The van der Waals surface area contributed by atoms with E-state index in [1.165, 1.54) is 0 Å². The van der Waals surface area contributed by atoms with Gasteiger partial charge in [-0.2, -0.15) is 0 Å². The van der Waals surface area contributed by atoms with E-state index >= 15 is 0 Å². The molecule has 1 heterocycles. The topological polar surface area (TPSA) is 124 Å². The quantitative estimate of drug-likeness (QED) is 0.421. The van der Waals surface area contributed by atoms with Crippen LogP contribution in [-0.4, -0.2) is 57.5 Å². The Bertz CT molecular complexity index is 954. The van der Waals surface area contributed by atoms with Gasteiger partial charge in [-0.3, -0.25) is 29.1 Å². The highest BCUT2D eigenvalue weighted by Crippen LogP contribution is 2.36. The van der Waals surface area contributed by atoms with E-state index in [1.807, 2.05) is 13.8 Å². The van der Waals surface area contributed by atoms with Gasteiger partial charge in [-0.05, 0) is 30.4 Å². The fraction of sp³-hybridized carbons (Fsp3) is 0.409. The number of aliphatic hydroxyl groups excluding tert-OH is 1. The van der Waals surface area contributed by atoms with E-state index in [0.717, 1.165) is 4.90 Å². The highest BCUT2D eigenvalue weighted by atomic mass is 16.4. The number of carbonyl (C=O) groups excluding carboxylic acids is 3. The zero-order valence-electron chi connectivity index (χ0n) is 17.0. The van der Waals surface area contributed by atoms with Crippen molar-refractivity contribution in [1.82, 2.24) is 4.90 Å². The first-order valence-corrected chi connectivity index (χ1v) is 9.77. The summed E-state index contributed by atoms with van der Waals surface area (Å²) in [6.07, 6.45) is 0.936. The first-order chi connectivity index (χ1) is 14.1. The molecule has 2 aliphatic rings. The van der Waals surface area contributed by atoms with Crippen molar-refractivity contribution >= 4 is 29.3 Å². The molecular weight excluding hydrogens is 388 g/mol. The van der Waals surface area contributed by atoms with E-state index in [4.69, 9.17) is 5.11 Å². The Morgan fingerprint density at radius 1 is 1.07 bits per heavy atom. The van der Waals surface area contributed by atoms with Crippen molar-refractivity contribution in [2.45, 2.75) is 39.5 Å². The van der Waals surface area contributed by atoms with Crippen LogP contribution in [0.15, 0.2) is 40.6 Å². The maximum absolute atomic E-state index is 12.6. The Morgan fingerprint density at radius 2 is 1.67 bits per heavy atom. The van der Waals surface area contributed by atoms with Gasteiger partial charge in [0.2, 0.25) is 0 Å². The molecule has 8 heteroatoms.